The van der Waals surface area contributed by atoms with Crippen molar-refractivity contribution in [2.24, 2.45) is 0 Å². The highest BCUT2D eigenvalue weighted by Crippen LogP contribution is 2.36. The molecule has 2 aromatic carbocycles. The summed E-state index contributed by atoms with van der Waals surface area (Å²) in [6, 6.07) is 4.45. The Morgan fingerprint density at radius 1 is 0.974 bits per heavy atom. The second-order valence-corrected chi connectivity index (χ2v) is 9.73. The topological polar surface area (TPSA) is 157 Å². The molecule has 0 bridgehead atoms. The lowest BCUT2D eigenvalue weighted by Gasteiger charge is -2.38. The van der Waals surface area contributed by atoms with Gasteiger partial charge in [-0.25, -0.2) is 14.4 Å². The molecule has 0 spiro atoms. The Morgan fingerprint density at radius 2 is 1.64 bits per heavy atom. The number of aliphatic carboxylic acids is 1. The van der Waals surface area contributed by atoms with Crippen LogP contribution >= 0.6 is 0 Å². The number of aromatic hydroxyl groups is 1. The minimum Gasteiger partial charge on any atom is -0.508 e. The Balaban J connectivity index is 2.10. The molecule has 0 aliphatic carbocycles. The Morgan fingerprint density at radius 3 is 2.21 bits per heavy atom. The third-order valence-corrected chi connectivity index (χ3v) is 5.66. The van der Waals surface area contributed by atoms with Crippen LogP contribution in [0.5, 0.6) is 5.75 Å². The molecule has 1 aliphatic heterocycles. The van der Waals surface area contributed by atoms with Gasteiger partial charge in [-0.3, -0.25) is 10.1 Å². The third kappa shape index (κ3) is 7.09. The second-order valence-electron chi connectivity index (χ2n) is 9.73. The van der Waals surface area contributed by atoms with Crippen LogP contribution in [-0.4, -0.2) is 80.5 Å². The molecule has 14 heteroatoms. The van der Waals surface area contributed by atoms with Crippen molar-refractivity contribution in [2.75, 3.05) is 25.0 Å². The molecule has 0 unspecified atom stereocenters. The number of carbonyl (C=O) groups is 4. The van der Waals surface area contributed by atoms with E-state index in [-0.39, 0.29) is 35.5 Å². The number of amides is 3. The molecule has 1 atom stereocenters. The van der Waals surface area contributed by atoms with Crippen molar-refractivity contribution in [1.29, 1.82) is 0 Å². The Bertz CT molecular complexity index is 1310. The van der Waals surface area contributed by atoms with Crippen LogP contribution in [-0.2, 0) is 15.7 Å². The predicted molar refractivity (Wildman–Crippen MR) is 130 cm³/mol. The van der Waals surface area contributed by atoms with Gasteiger partial charge in [0.2, 0.25) is 0 Å². The highest BCUT2D eigenvalue weighted by atomic mass is 19.4. The highest BCUT2D eigenvalue weighted by Gasteiger charge is 2.38. The summed E-state index contributed by atoms with van der Waals surface area (Å²) in [6.07, 6.45) is -7.10. The number of ether oxygens (including phenoxy) is 1. The number of carboxylic acids is 1. The largest absolute Gasteiger partial charge is 0.508 e. The third-order valence-electron chi connectivity index (χ3n) is 5.66. The average molecular weight is 553 g/mol. The fraction of sp³-hybridized carbons (Fsp3) is 0.360. The van der Waals surface area contributed by atoms with E-state index in [0.29, 0.717) is 6.07 Å². The fourth-order valence-electron chi connectivity index (χ4n) is 3.93. The summed E-state index contributed by atoms with van der Waals surface area (Å²) in [7, 11) is 0. The van der Waals surface area contributed by atoms with Gasteiger partial charge in [0.25, 0.3) is 5.91 Å². The van der Waals surface area contributed by atoms with E-state index in [1.807, 2.05) is 0 Å². The lowest BCUT2D eigenvalue weighted by Crippen LogP contribution is -2.59. The smallest absolute Gasteiger partial charge is 0.416 e. The van der Waals surface area contributed by atoms with Crippen molar-refractivity contribution in [1.82, 2.24) is 9.80 Å². The van der Waals surface area contributed by atoms with Gasteiger partial charge >= 0.3 is 24.3 Å². The monoisotopic (exact) mass is 553 g/mol. The van der Waals surface area contributed by atoms with E-state index < -0.39 is 59.7 Å². The first-order chi connectivity index (χ1) is 18.0. The molecule has 11 nitrogen and oxygen atoms in total. The number of rotatable bonds is 4. The molecular formula is C25H26F3N3O8. The average Bonchev–Trinajstić information content (AvgIpc) is 2.81. The second kappa shape index (κ2) is 10.7. The first kappa shape index (κ1) is 29.1. The number of alkyl halides is 3. The zero-order valence-electron chi connectivity index (χ0n) is 21.1. The van der Waals surface area contributed by atoms with Crippen LogP contribution in [0.2, 0.25) is 0 Å². The van der Waals surface area contributed by atoms with E-state index >= 15 is 0 Å². The van der Waals surface area contributed by atoms with Crippen LogP contribution in [0, 0.1) is 0 Å². The van der Waals surface area contributed by atoms with Crippen LogP contribution in [0.1, 0.15) is 36.7 Å². The molecule has 39 heavy (non-hydrogen) atoms. The van der Waals surface area contributed by atoms with Gasteiger partial charge in [0.05, 0.1) is 23.4 Å². The van der Waals surface area contributed by atoms with E-state index in [2.05, 4.69) is 5.32 Å². The molecule has 1 fully saturated rings. The molecular weight excluding hydrogens is 527 g/mol. The minimum atomic E-state index is -4.77. The van der Waals surface area contributed by atoms with Gasteiger partial charge in [0, 0.05) is 13.1 Å². The predicted octanol–water partition coefficient (Wildman–Crippen LogP) is 4.31. The van der Waals surface area contributed by atoms with Crippen LogP contribution in [0.25, 0.3) is 11.1 Å². The van der Waals surface area contributed by atoms with Crippen molar-refractivity contribution in [3.63, 3.8) is 0 Å². The minimum absolute atomic E-state index is 0.0468. The maximum absolute atomic E-state index is 13.6. The zero-order valence-corrected chi connectivity index (χ0v) is 21.1. The number of phenols is 1. The quantitative estimate of drug-likeness (QED) is 0.436. The molecule has 0 saturated carbocycles. The summed E-state index contributed by atoms with van der Waals surface area (Å²) in [5.74, 6) is -3.08. The van der Waals surface area contributed by atoms with Crippen LogP contribution in [0.3, 0.4) is 0 Å². The summed E-state index contributed by atoms with van der Waals surface area (Å²) in [4.78, 5) is 51.1. The fourth-order valence-corrected chi connectivity index (χ4v) is 3.93. The lowest BCUT2D eigenvalue weighted by molar-refractivity contribution is -0.144. The van der Waals surface area contributed by atoms with Crippen LogP contribution in [0.4, 0.5) is 28.4 Å². The van der Waals surface area contributed by atoms with E-state index in [1.54, 1.807) is 20.8 Å². The van der Waals surface area contributed by atoms with E-state index in [4.69, 9.17) is 4.74 Å². The molecule has 1 saturated heterocycles. The number of nitrogens with zero attached hydrogens (tertiary/aromatic N) is 2. The van der Waals surface area contributed by atoms with E-state index in [0.717, 1.165) is 28.0 Å². The number of nitrogens with one attached hydrogen (secondary N) is 1. The highest BCUT2D eigenvalue weighted by molar-refractivity contribution is 6.05. The lowest BCUT2D eigenvalue weighted by atomic mass is 9.98. The van der Waals surface area contributed by atoms with Gasteiger partial charge in [-0.1, -0.05) is 6.07 Å². The molecule has 1 heterocycles. The summed E-state index contributed by atoms with van der Waals surface area (Å²) >= 11 is 0. The normalized spacial score (nSPS) is 16.0. The van der Waals surface area contributed by atoms with Crippen molar-refractivity contribution in [2.45, 2.75) is 38.6 Å². The summed E-state index contributed by atoms with van der Waals surface area (Å²) < 4.78 is 45.2. The Labute approximate surface area is 220 Å². The number of hydrogen-bond donors (Lipinski definition) is 4. The van der Waals surface area contributed by atoms with Gasteiger partial charge in [-0.2, -0.15) is 13.2 Å². The first-order valence-electron chi connectivity index (χ1n) is 11.5. The summed E-state index contributed by atoms with van der Waals surface area (Å²) in [5.41, 5.74) is -2.52. The van der Waals surface area contributed by atoms with Crippen LogP contribution < -0.4 is 5.32 Å². The SMILES string of the molecule is CC(C)(C)OC(=O)Nc1ccc(-c2cc(O)cc(C(F)(F)F)c2)cc1C(=O)N1CCN(C(=O)O)C[C@H]1C(=O)O. The number of anilines is 1. The summed E-state index contributed by atoms with van der Waals surface area (Å²) in [6.45, 7) is 3.78. The molecule has 210 valence electrons. The van der Waals surface area contributed by atoms with Gasteiger partial charge in [0.1, 0.15) is 17.4 Å². The van der Waals surface area contributed by atoms with Crippen molar-refractivity contribution in [3.05, 3.63) is 47.5 Å². The van der Waals surface area contributed by atoms with E-state index in [9.17, 15) is 47.7 Å². The van der Waals surface area contributed by atoms with Crippen molar-refractivity contribution < 1.29 is 52.4 Å². The molecule has 3 rings (SSSR count). The number of halogens is 3. The maximum Gasteiger partial charge on any atom is 0.416 e. The number of piperazine rings is 1. The molecule has 1 aliphatic rings. The number of carboxylic acid groups (broad SMARTS) is 2. The Hall–Kier alpha value is -4.49. The number of carbonyl (C=O) groups excluding carboxylic acids is 2. The van der Waals surface area contributed by atoms with E-state index in [1.165, 1.54) is 12.1 Å². The number of hydrogen-bond acceptors (Lipinski definition) is 6. The van der Waals surface area contributed by atoms with Crippen LogP contribution in [0.15, 0.2) is 36.4 Å². The number of benzene rings is 2. The molecule has 0 radical (unpaired) electrons. The number of phenolic OH excluding ortho intramolecular Hbond substituents is 1. The molecule has 4 N–H and O–H groups in total. The molecule has 2 aromatic rings. The van der Waals surface area contributed by atoms with Crippen molar-refractivity contribution in [3.8, 4) is 16.9 Å². The van der Waals surface area contributed by atoms with Gasteiger partial charge in [-0.05, 0) is 62.2 Å². The van der Waals surface area contributed by atoms with Gasteiger partial charge in [0.15, 0.2) is 0 Å². The maximum atomic E-state index is 13.6. The zero-order chi connectivity index (χ0) is 29.3. The van der Waals surface area contributed by atoms with Gasteiger partial charge in [-0.15, -0.1) is 0 Å². The van der Waals surface area contributed by atoms with Crippen molar-refractivity contribution >= 4 is 29.8 Å². The molecule has 0 aromatic heterocycles. The molecule has 3 amide bonds. The standard InChI is InChI=1S/C25H26F3N3O8/c1-24(2,3)39-22(36)29-18-5-4-13(14-8-15(25(26,27)28)11-16(32)9-14)10-17(18)20(33)31-7-6-30(23(37)38)12-19(31)21(34)35/h4-5,8-11,19,32H,6-7,12H2,1-3H3,(H,29,36)(H,34,35)(H,37,38)/t19-/m0/s1. The Kier molecular flexibility index (Phi) is 7.98. The summed E-state index contributed by atoms with van der Waals surface area (Å²) in [5, 5.41) is 31.2. The first-order valence-corrected chi connectivity index (χ1v) is 11.5. The van der Waals surface area contributed by atoms with Gasteiger partial charge < -0.3 is 29.9 Å².